The van der Waals surface area contributed by atoms with Crippen molar-refractivity contribution in [3.05, 3.63) is 53.2 Å². The molecule has 0 spiro atoms. The number of ether oxygens (including phenoxy) is 1. The largest absolute Gasteiger partial charge is 0.378 e. The first kappa shape index (κ1) is 18.3. The summed E-state index contributed by atoms with van der Waals surface area (Å²) in [5.74, 6) is -0.0832. The van der Waals surface area contributed by atoms with Crippen LogP contribution in [0.25, 0.3) is 0 Å². The standard InChI is InChI=1S/C18H21FN4O3S/c19-16-4-2-1-3-14(16)12-27(24,25)23-6-5-17-15(11-23)18(21-13-20-17)22-7-9-26-10-8-22/h1-4,13H,5-12H2. The summed E-state index contributed by atoms with van der Waals surface area (Å²) in [4.78, 5) is 10.9. The maximum absolute atomic E-state index is 13.9. The molecule has 0 atom stereocenters. The first-order valence-electron chi connectivity index (χ1n) is 8.91. The van der Waals surface area contributed by atoms with E-state index in [2.05, 4.69) is 14.9 Å². The van der Waals surface area contributed by atoms with Gasteiger partial charge in [-0.15, -0.1) is 0 Å². The lowest BCUT2D eigenvalue weighted by Gasteiger charge is -2.33. The third-order valence-corrected chi connectivity index (χ3v) is 6.72. The SMILES string of the molecule is O=S(=O)(Cc1ccccc1F)N1CCc2ncnc(N3CCOCC3)c2C1. The van der Waals surface area contributed by atoms with Crippen molar-refractivity contribution >= 4 is 15.8 Å². The first-order valence-corrected chi connectivity index (χ1v) is 10.5. The lowest BCUT2D eigenvalue weighted by Crippen LogP contribution is -2.41. The van der Waals surface area contributed by atoms with Crippen LogP contribution in [-0.4, -0.2) is 55.5 Å². The number of hydrogen-bond acceptors (Lipinski definition) is 6. The van der Waals surface area contributed by atoms with Crippen LogP contribution in [0.4, 0.5) is 10.2 Å². The van der Waals surface area contributed by atoms with Gasteiger partial charge in [0.15, 0.2) is 0 Å². The second kappa shape index (κ2) is 7.49. The fraction of sp³-hybridized carbons (Fsp3) is 0.444. The number of anilines is 1. The Hall–Kier alpha value is -2.10. The summed E-state index contributed by atoms with van der Waals surface area (Å²) in [6.45, 7) is 3.21. The smallest absolute Gasteiger partial charge is 0.218 e. The van der Waals surface area contributed by atoms with E-state index in [0.29, 0.717) is 39.3 Å². The van der Waals surface area contributed by atoms with E-state index in [4.69, 9.17) is 4.74 Å². The van der Waals surface area contributed by atoms with Gasteiger partial charge in [0.05, 0.1) is 24.7 Å². The van der Waals surface area contributed by atoms with Crippen molar-refractivity contribution in [3.8, 4) is 0 Å². The molecule has 144 valence electrons. The summed E-state index contributed by atoms with van der Waals surface area (Å²) >= 11 is 0. The molecule has 1 fully saturated rings. The van der Waals surface area contributed by atoms with Crippen molar-refractivity contribution in [3.63, 3.8) is 0 Å². The molecular formula is C18H21FN4O3S. The number of nitrogens with zero attached hydrogens (tertiary/aromatic N) is 4. The van der Waals surface area contributed by atoms with Crippen molar-refractivity contribution in [1.29, 1.82) is 0 Å². The third-order valence-electron chi connectivity index (χ3n) is 4.94. The van der Waals surface area contributed by atoms with Crippen molar-refractivity contribution < 1.29 is 17.5 Å². The number of benzene rings is 1. The van der Waals surface area contributed by atoms with Gasteiger partial charge in [-0.2, -0.15) is 4.31 Å². The molecule has 27 heavy (non-hydrogen) atoms. The molecule has 2 aliphatic heterocycles. The van der Waals surface area contributed by atoms with E-state index in [1.807, 2.05) is 0 Å². The lowest BCUT2D eigenvalue weighted by molar-refractivity contribution is 0.122. The van der Waals surface area contributed by atoms with Crippen molar-refractivity contribution in [2.45, 2.75) is 18.7 Å². The second-order valence-corrected chi connectivity index (χ2v) is 8.62. The van der Waals surface area contributed by atoms with Crippen molar-refractivity contribution in [1.82, 2.24) is 14.3 Å². The highest BCUT2D eigenvalue weighted by Crippen LogP contribution is 2.28. The molecule has 0 saturated carbocycles. The maximum atomic E-state index is 13.9. The van der Waals surface area contributed by atoms with Gasteiger partial charge in [0, 0.05) is 43.7 Å². The molecule has 0 N–H and O–H groups in total. The fourth-order valence-corrected chi connectivity index (χ4v) is 4.99. The van der Waals surface area contributed by atoms with Crippen molar-refractivity contribution in [2.24, 2.45) is 0 Å². The van der Waals surface area contributed by atoms with Gasteiger partial charge in [0.25, 0.3) is 0 Å². The highest BCUT2D eigenvalue weighted by atomic mass is 32.2. The van der Waals surface area contributed by atoms with Crippen LogP contribution in [0.2, 0.25) is 0 Å². The third kappa shape index (κ3) is 3.80. The average molecular weight is 392 g/mol. The summed E-state index contributed by atoms with van der Waals surface area (Å²) in [7, 11) is -3.65. The number of aromatic nitrogens is 2. The molecule has 1 saturated heterocycles. The van der Waals surface area contributed by atoms with Gasteiger partial charge in [-0.25, -0.2) is 22.8 Å². The van der Waals surface area contributed by atoms with Crippen LogP contribution in [0.1, 0.15) is 16.8 Å². The molecule has 0 amide bonds. The number of fused-ring (bicyclic) bond motifs is 1. The summed E-state index contributed by atoms with van der Waals surface area (Å²) in [6.07, 6.45) is 2.05. The van der Waals surface area contributed by atoms with Gasteiger partial charge in [-0.05, 0) is 6.07 Å². The zero-order valence-corrected chi connectivity index (χ0v) is 15.7. The van der Waals surface area contributed by atoms with Crippen LogP contribution in [0.5, 0.6) is 0 Å². The minimum Gasteiger partial charge on any atom is -0.378 e. The molecule has 7 nitrogen and oxygen atoms in total. The van der Waals surface area contributed by atoms with E-state index < -0.39 is 15.8 Å². The Morgan fingerprint density at radius 2 is 1.89 bits per heavy atom. The molecule has 9 heteroatoms. The monoisotopic (exact) mass is 392 g/mol. The quantitative estimate of drug-likeness (QED) is 0.782. The minimum absolute atomic E-state index is 0.181. The molecule has 2 aromatic rings. The highest BCUT2D eigenvalue weighted by molar-refractivity contribution is 7.88. The van der Waals surface area contributed by atoms with Crippen LogP contribution < -0.4 is 4.90 Å². The Labute approximate surface area is 157 Å². The number of morpholine rings is 1. The Morgan fingerprint density at radius 3 is 2.67 bits per heavy atom. The van der Waals surface area contributed by atoms with Crippen LogP contribution in [0, 0.1) is 5.82 Å². The summed E-state index contributed by atoms with van der Waals surface area (Å²) in [6, 6.07) is 5.98. The number of hydrogen-bond donors (Lipinski definition) is 0. The first-order chi connectivity index (χ1) is 13.0. The molecule has 2 aliphatic rings. The van der Waals surface area contributed by atoms with Gasteiger partial charge in [0.2, 0.25) is 10.0 Å². The topological polar surface area (TPSA) is 75.6 Å². The average Bonchev–Trinajstić information content (AvgIpc) is 2.69. The van der Waals surface area contributed by atoms with Crippen molar-refractivity contribution in [2.75, 3.05) is 37.7 Å². The van der Waals surface area contributed by atoms with Crippen LogP contribution >= 0.6 is 0 Å². The highest BCUT2D eigenvalue weighted by Gasteiger charge is 2.31. The predicted octanol–water partition coefficient (Wildman–Crippen LogP) is 1.34. The van der Waals surface area contributed by atoms with Gasteiger partial charge in [-0.1, -0.05) is 18.2 Å². The van der Waals surface area contributed by atoms with Gasteiger partial charge in [-0.3, -0.25) is 0 Å². The van der Waals surface area contributed by atoms with Crippen LogP contribution in [0.3, 0.4) is 0 Å². The van der Waals surface area contributed by atoms with Gasteiger partial charge >= 0.3 is 0 Å². The molecule has 1 aromatic heterocycles. The van der Waals surface area contributed by atoms with Gasteiger partial charge < -0.3 is 9.64 Å². The summed E-state index contributed by atoms with van der Waals surface area (Å²) in [5.41, 5.74) is 1.90. The molecule has 0 bridgehead atoms. The van der Waals surface area contributed by atoms with E-state index in [0.717, 1.165) is 17.1 Å². The number of halogens is 1. The number of sulfonamides is 1. The van der Waals surface area contributed by atoms with E-state index in [9.17, 15) is 12.8 Å². The lowest BCUT2D eigenvalue weighted by atomic mass is 10.1. The Balaban J connectivity index is 1.59. The molecule has 0 unspecified atom stereocenters. The fourth-order valence-electron chi connectivity index (χ4n) is 3.49. The normalized spacial score (nSPS) is 18.3. The van der Waals surface area contributed by atoms with Crippen LogP contribution in [0.15, 0.2) is 30.6 Å². The van der Waals surface area contributed by atoms with E-state index >= 15 is 0 Å². The Morgan fingerprint density at radius 1 is 1.11 bits per heavy atom. The maximum Gasteiger partial charge on any atom is 0.218 e. The molecule has 0 radical (unpaired) electrons. The minimum atomic E-state index is -3.65. The predicted molar refractivity (Wildman–Crippen MR) is 98.2 cm³/mol. The number of rotatable bonds is 4. The molecule has 3 heterocycles. The van der Waals surface area contributed by atoms with E-state index in [1.54, 1.807) is 12.1 Å². The van der Waals surface area contributed by atoms with Crippen LogP contribution in [-0.2, 0) is 33.5 Å². The summed E-state index contributed by atoms with van der Waals surface area (Å²) in [5, 5.41) is 0. The second-order valence-electron chi connectivity index (χ2n) is 6.65. The zero-order valence-electron chi connectivity index (χ0n) is 14.8. The molecule has 1 aromatic carbocycles. The van der Waals surface area contributed by atoms with E-state index in [-0.39, 0.29) is 17.9 Å². The molecular weight excluding hydrogens is 371 g/mol. The zero-order chi connectivity index (χ0) is 18.9. The van der Waals surface area contributed by atoms with E-state index in [1.165, 1.54) is 22.8 Å². The Bertz CT molecular complexity index is 932. The van der Waals surface area contributed by atoms with Gasteiger partial charge in [0.1, 0.15) is 18.0 Å². The summed E-state index contributed by atoms with van der Waals surface area (Å²) < 4.78 is 46.5. The Kier molecular flexibility index (Phi) is 5.07. The molecule has 0 aliphatic carbocycles. The molecule has 4 rings (SSSR count).